The summed E-state index contributed by atoms with van der Waals surface area (Å²) in [5.41, 5.74) is 1.10. The fraction of sp³-hybridized carbons (Fsp3) is 0.583. The van der Waals surface area contributed by atoms with Crippen molar-refractivity contribution in [2.24, 2.45) is 4.99 Å². The molecule has 80 valence electrons. The second kappa shape index (κ2) is 43.3. The van der Waals surface area contributed by atoms with Crippen molar-refractivity contribution in [1.29, 1.82) is 0 Å². The summed E-state index contributed by atoms with van der Waals surface area (Å²) in [5.74, 6) is 0. The summed E-state index contributed by atoms with van der Waals surface area (Å²) in [4.78, 5) is 3.98. The second-order valence-electron chi connectivity index (χ2n) is 1.56. The molecule has 0 N–H and O–H groups in total. The first kappa shape index (κ1) is 22.7. The minimum absolute atomic E-state index is 1.10. The predicted molar refractivity (Wildman–Crippen MR) is 67.5 cm³/mol. The second-order valence-corrected chi connectivity index (χ2v) is 1.56. The van der Waals surface area contributed by atoms with Crippen LogP contribution in [0.15, 0.2) is 30.4 Å². The molecule has 0 rings (SSSR count). The van der Waals surface area contributed by atoms with Crippen LogP contribution in [0.4, 0.5) is 0 Å². The number of aliphatic imine (C=N–C) groups is 1. The fourth-order valence-corrected chi connectivity index (χ4v) is 0.224. The van der Waals surface area contributed by atoms with Gasteiger partial charge in [0.25, 0.3) is 0 Å². The molecule has 0 aliphatic carbocycles. The molecule has 1 heteroatoms. The average molecular weight is 185 g/mol. The average Bonchev–Trinajstić information content (AvgIpc) is 2.24. The normalized spacial score (nSPS) is 6.38. The summed E-state index contributed by atoms with van der Waals surface area (Å²) in [6.45, 7) is 19.9. The van der Waals surface area contributed by atoms with E-state index in [2.05, 4.69) is 18.2 Å². The molecule has 0 heterocycles. The summed E-state index contributed by atoms with van der Waals surface area (Å²) in [6, 6.07) is 0. The molecular weight excluding hydrogens is 158 g/mol. The Morgan fingerprint density at radius 2 is 1.31 bits per heavy atom. The van der Waals surface area contributed by atoms with Crippen LogP contribution in [0, 0.1) is 0 Å². The van der Waals surface area contributed by atoms with Gasteiger partial charge in [-0.2, -0.15) is 0 Å². The summed E-state index contributed by atoms with van der Waals surface area (Å²) in [7, 11) is 0. The standard InChI is InChI=1S/C6H11N.2C2H6.C2H4/c1-4-5-7-6(2)3;3*1-2/h4-5H,1-3H3;2*1-2H3;1-2H2/b5-4-;;;. The van der Waals surface area contributed by atoms with Gasteiger partial charge in [0.2, 0.25) is 0 Å². The Hall–Kier alpha value is -0.850. The number of nitrogens with zero attached hydrogens (tertiary/aromatic N) is 1. The van der Waals surface area contributed by atoms with Crippen molar-refractivity contribution < 1.29 is 0 Å². The molecule has 13 heavy (non-hydrogen) atoms. The van der Waals surface area contributed by atoms with Crippen molar-refractivity contribution in [2.75, 3.05) is 0 Å². The lowest BCUT2D eigenvalue weighted by Gasteiger charge is -1.78. The molecule has 0 fully saturated rings. The Labute approximate surface area is 85.3 Å². The summed E-state index contributed by atoms with van der Waals surface area (Å²) in [5, 5.41) is 0. The Morgan fingerprint density at radius 3 is 1.38 bits per heavy atom. The summed E-state index contributed by atoms with van der Waals surface area (Å²) < 4.78 is 0. The van der Waals surface area contributed by atoms with Gasteiger partial charge in [0.05, 0.1) is 0 Å². The van der Waals surface area contributed by atoms with Gasteiger partial charge >= 0.3 is 0 Å². The van der Waals surface area contributed by atoms with Crippen LogP contribution in [0.5, 0.6) is 0 Å². The topological polar surface area (TPSA) is 12.4 Å². The molecule has 0 unspecified atom stereocenters. The van der Waals surface area contributed by atoms with Crippen molar-refractivity contribution >= 4 is 5.71 Å². The summed E-state index contributed by atoms with van der Waals surface area (Å²) >= 11 is 0. The molecule has 0 aromatic carbocycles. The van der Waals surface area contributed by atoms with Crippen LogP contribution in [0.1, 0.15) is 48.5 Å². The monoisotopic (exact) mass is 185 g/mol. The van der Waals surface area contributed by atoms with E-state index in [0.717, 1.165) is 5.71 Å². The molecule has 0 aromatic rings. The lowest BCUT2D eigenvalue weighted by Crippen LogP contribution is -1.74. The van der Waals surface area contributed by atoms with Crippen molar-refractivity contribution in [1.82, 2.24) is 0 Å². The number of hydrogen-bond acceptors (Lipinski definition) is 1. The number of rotatable bonds is 1. The lowest BCUT2D eigenvalue weighted by atomic mass is 10.5. The van der Waals surface area contributed by atoms with Crippen LogP contribution in [-0.2, 0) is 0 Å². The minimum Gasteiger partial charge on any atom is -0.267 e. The molecule has 1 nitrogen and oxygen atoms in total. The largest absolute Gasteiger partial charge is 0.267 e. The Balaban J connectivity index is -0.0000000573. The zero-order valence-electron chi connectivity index (χ0n) is 10.5. The van der Waals surface area contributed by atoms with Crippen molar-refractivity contribution in [3.8, 4) is 0 Å². The zero-order chi connectivity index (χ0) is 11.7. The smallest absolute Gasteiger partial charge is 0.0224 e. The van der Waals surface area contributed by atoms with Crippen LogP contribution in [-0.4, -0.2) is 5.71 Å². The zero-order valence-corrected chi connectivity index (χ0v) is 10.5. The SMILES string of the molecule is C/C=C\N=C(C)C.C=C.CC.CC. The third kappa shape index (κ3) is 94.1. The van der Waals surface area contributed by atoms with E-state index in [-0.39, 0.29) is 0 Å². The van der Waals surface area contributed by atoms with Gasteiger partial charge in [-0.3, -0.25) is 4.99 Å². The van der Waals surface area contributed by atoms with Gasteiger partial charge in [-0.25, -0.2) is 0 Å². The molecular formula is C12H27N. The first-order chi connectivity index (χ1) is 6.27. The molecule has 0 atom stereocenters. The van der Waals surface area contributed by atoms with Crippen LogP contribution >= 0.6 is 0 Å². The molecule has 0 aromatic heterocycles. The van der Waals surface area contributed by atoms with E-state index in [1.54, 1.807) is 6.20 Å². The third-order valence-electron chi connectivity index (χ3n) is 0.482. The van der Waals surface area contributed by atoms with E-state index in [1.165, 1.54) is 0 Å². The quantitative estimate of drug-likeness (QED) is 0.409. The highest BCUT2D eigenvalue weighted by atomic mass is 14.7. The first-order valence-electron chi connectivity index (χ1n) is 4.89. The van der Waals surface area contributed by atoms with Crippen LogP contribution in [0.2, 0.25) is 0 Å². The maximum Gasteiger partial charge on any atom is 0.0224 e. The van der Waals surface area contributed by atoms with E-state index in [4.69, 9.17) is 0 Å². The van der Waals surface area contributed by atoms with Crippen LogP contribution in [0.25, 0.3) is 0 Å². The molecule has 0 amide bonds. The minimum atomic E-state index is 1.10. The Kier molecular flexibility index (Phi) is 75.8. The van der Waals surface area contributed by atoms with Crippen molar-refractivity contribution in [2.45, 2.75) is 48.5 Å². The van der Waals surface area contributed by atoms with Gasteiger partial charge in [0.1, 0.15) is 0 Å². The molecule has 0 radical (unpaired) electrons. The predicted octanol–water partition coefficient (Wildman–Crippen LogP) is 4.86. The van der Waals surface area contributed by atoms with Gasteiger partial charge in [0.15, 0.2) is 0 Å². The summed E-state index contributed by atoms with van der Waals surface area (Å²) in [6.07, 6.45) is 3.70. The highest BCUT2D eigenvalue weighted by Gasteiger charge is 1.66. The van der Waals surface area contributed by atoms with E-state index in [1.807, 2.05) is 54.5 Å². The van der Waals surface area contributed by atoms with E-state index in [9.17, 15) is 0 Å². The third-order valence-corrected chi connectivity index (χ3v) is 0.482. The number of hydrogen-bond donors (Lipinski definition) is 0. The van der Waals surface area contributed by atoms with E-state index in [0.29, 0.717) is 0 Å². The first-order valence-corrected chi connectivity index (χ1v) is 4.89. The van der Waals surface area contributed by atoms with Gasteiger partial charge in [-0.15, -0.1) is 13.2 Å². The maximum absolute atomic E-state index is 3.98. The molecule has 0 spiro atoms. The van der Waals surface area contributed by atoms with Crippen molar-refractivity contribution in [3.05, 3.63) is 25.4 Å². The Bertz CT molecular complexity index is 97.7. The molecule has 0 aliphatic rings. The Morgan fingerprint density at radius 1 is 1.00 bits per heavy atom. The van der Waals surface area contributed by atoms with Crippen LogP contribution < -0.4 is 0 Å². The number of allylic oxidation sites excluding steroid dienone is 1. The molecule has 0 saturated carbocycles. The lowest BCUT2D eigenvalue weighted by molar-refractivity contribution is 1.48. The van der Waals surface area contributed by atoms with Gasteiger partial charge < -0.3 is 0 Å². The fourth-order valence-electron chi connectivity index (χ4n) is 0.224. The van der Waals surface area contributed by atoms with Gasteiger partial charge in [-0.1, -0.05) is 33.8 Å². The molecule has 0 saturated heterocycles. The van der Waals surface area contributed by atoms with E-state index >= 15 is 0 Å². The van der Waals surface area contributed by atoms with Gasteiger partial charge in [-0.05, 0) is 20.8 Å². The molecule has 0 aliphatic heterocycles. The maximum atomic E-state index is 3.98. The van der Waals surface area contributed by atoms with Gasteiger partial charge in [0, 0.05) is 11.9 Å². The highest BCUT2D eigenvalue weighted by molar-refractivity contribution is 5.79. The van der Waals surface area contributed by atoms with Crippen LogP contribution in [0.3, 0.4) is 0 Å². The highest BCUT2D eigenvalue weighted by Crippen LogP contribution is 1.75. The molecule has 0 bridgehead atoms. The van der Waals surface area contributed by atoms with E-state index < -0.39 is 0 Å². The van der Waals surface area contributed by atoms with Crippen molar-refractivity contribution in [3.63, 3.8) is 0 Å².